The van der Waals surface area contributed by atoms with Crippen molar-refractivity contribution in [2.75, 3.05) is 0 Å². The fraction of sp³-hybridized carbons (Fsp3) is 0.190. The standard InChI is InChI=1S/C21H20N2O5/c1-2-9-16(21(27)28)22-20(26)18(24)17(14-10-5-3-6-11-14)23-19(25)15-12-7-4-8-13-15/h1,3-8,10-13,16-18,24H,9H2,(H,22,26)(H,23,25)(H,27,28)/t16-,17-,18+/m0/s1. The average molecular weight is 380 g/mol. The van der Waals surface area contributed by atoms with Crippen molar-refractivity contribution in [1.82, 2.24) is 10.6 Å². The first kappa shape index (κ1) is 20.7. The number of nitrogens with one attached hydrogen (secondary N) is 2. The third-order valence-electron chi connectivity index (χ3n) is 4.00. The number of benzene rings is 2. The van der Waals surface area contributed by atoms with Crippen LogP contribution in [0.2, 0.25) is 0 Å². The number of aliphatic hydroxyl groups is 1. The SMILES string of the molecule is C#CC[C@H](NC(=O)[C@H](O)[C@@H](NC(=O)c1ccccc1)c1ccccc1)C(=O)O. The molecule has 0 fully saturated rings. The lowest BCUT2D eigenvalue weighted by molar-refractivity contribution is -0.143. The second kappa shape index (κ2) is 9.90. The molecule has 0 heterocycles. The molecule has 0 saturated carbocycles. The topological polar surface area (TPSA) is 116 Å². The quantitative estimate of drug-likeness (QED) is 0.512. The highest BCUT2D eigenvalue weighted by atomic mass is 16.4. The molecule has 0 aliphatic rings. The molecule has 2 rings (SSSR count). The van der Waals surface area contributed by atoms with Crippen molar-refractivity contribution < 1.29 is 24.6 Å². The maximum Gasteiger partial charge on any atom is 0.327 e. The average Bonchev–Trinajstić information content (AvgIpc) is 2.72. The van der Waals surface area contributed by atoms with Gasteiger partial charge in [-0.15, -0.1) is 12.3 Å². The number of aliphatic carboxylic acids is 1. The Bertz CT molecular complexity index is 861. The summed E-state index contributed by atoms with van der Waals surface area (Å²) in [7, 11) is 0. The zero-order valence-electron chi connectivity index (χ0n) is 14.9. The monoisotopic (exact) mass is 380 g/mol. The van der Waals surface area contributed by atoms with Crippen molar-refractivity contribution in [3.05, 3.63) is 71.8 Å². The van der Waals surface area contributed by atoms with Crippen LogP contribution >= 0.6 is 0 Å². The molecule has 0 aliphatic heterocycles. The fourth-order valence-corrected chi connectivity index (χ4v) is 2.55. The van der Waals surface area contributed by atoms with E-state index in [4.69, 9.17) is 11.5 Å². The Morgan fingerprint density at radius 2 is 1.54 bits per heavy atom. The van der Waals surface area contributed by atoms with E-state index in [9.17, 15) is 19.5 Å². The van der Waals surface area contributed by atoms with E-state index in [-0.39, 0.29) is 6.42 Å². The molecule has 0 aliphatic carbocycles. The highest BCUT2D eigenvalue weighted by Gasteiger charge is 2.31. The van der Waals surface area contributed by atoms with Crippen LogP contribution in [0.15, 0.2) is 60.7 Å². The van der Waals surface area contributed by atoms with Gasteiger partial charge in [-0.25, -0.2) is 4.79 Å². The molecule has 0 saturated heterocycles. The molecule has 0 unspecified atom stereocenters. The van der Waals surface area contributed by atoms with Crippen molar-refractivity contribution in [1.29, 1.82) is 0 Å². The zero-order chi connectivity index (χ0) is 20.5. The van der Waals surface area contributed by atoms with Gasteiger partial charge < -0.3 is 20.8 Å². The van der Waals surface area contributed by atoms with Gasteiger partial charge in [-0.2, -0.15) is 0 Å². The summed E-state index contributed by atoms with van der Waals surface area (Å²) in [5.74, 6) is -0.596. The Morgan fingerprint density at radius 3 is 2.07 bits per heavy atom. The summed E-state index contributed by atoms with van der Waals surface area (Å²) in [6.45, 7) is 0. The summed E-state index contributed by atoms with van der Waals surface area (Å²) >= 11 is 0. The molecule has 2 aromatic rings. The predicted octanol–water partition coefficient (Wildman–Crippen LogP) is 1.11. The largest absolute Gasteiger partial charge is 0.480 e. The highest BCUT2D eigenvalue weighted by Crippen LogP contribution is 2.18. The van der Waals surface area contributed by atoms with E-state index in [0.29, 0.717) is 11.1 Å². The second-order valence-electron chi connectivity index (χ2n) is 5.98. The number of carboxylic acid groups (broad SMARTS) is 1. The van der Waals surface area contributed by atoms with Crippen LogP contribution in [0.5, 0.6) is 0 Å². The minimum Gasteiger partial charge on any atom is -0.480 e. The third-order valence-corrected chi connectivity index (χ3v) is 4.00. The van der Waals surface area contributed by atoms with E-state index in [1.807, 2.05) is 0 Å². The van der Waals surface area contributed by atoms with E-state index >= 15 is 0 Å². The highest BCUT2D eigenvalue weighted by molar-refractivity contribution is 5.95. The molecule has 0 spiro atoms. The van der Waals surface area contributed by atoms with Gasteiger partial charge in [0.05, 0.1) is 6.04 Å². The molecule has 0 radical (unpaired) electrons. The second-order valence-corrected chi connectivity index (χ2v) is 5.98. The predicted molar refractivity (Wildman–Crippen MR) is 102 cm³/mol. The van der Waals surface area contributed by atoms with Crippen molar-refractivity contribution in [3.8, 4) is 12.3 Å². The Hall–Kier alpha value is -3.63. The van der Waals surface area contributed by atoms with Crippen molar-refractivity contribution in [2.24, 2.45) is 0 Å². The smallest absolute Gasteiger partial charge is 0.327 e. The number of hydrogen-bond acceptors (Lipinski definition) is 4. The number of rotatable bonds is 8. The van der Waals surface area contributed by atoms with Crippen molar-refractivity contribution in [3.63, 3.8) is 0 Å². The minimum absolute atomic E-state index is 0.236. The number of carboxylic acids is 1. The molecule has 0 aromatic heterocycles. The molecule has 28 heavy (non-hydrogen) atoms. The van der Waals surface area contributed by atoms with E-state index in [2.05, 4.69) is 16.6 Å². The number of terminal acetylenes is 1. The molecule has 144 valence electrons. The van der Waals surface area contributed by atoms with Gasteiger partial charge in [0.2, 0.25) is 0 Å². The third kappa shape index (κ3) is 5.43. The molecular formula is C21H20N2O5. The summed E-state index contributed by atoms with van der Waals surface area (Å²) in [4.78, 5) is 36.1. The van der Waals surface area contributed by atoms with E-state index in [1.165, 1.54) is 0 Å². The number of hydrogen-bond donors (Lipinski definition) is 4. The van der Waals surface area contributed by atoms with Crippen LogP contribution in [0.1, 0.15) is 28.4 Å². The lowest BCUT2D eigenvalue weighted by atomic mass is 9.99. The summed E-state index contributed by atoms with van der Waals surface area (Å²) < 4.78 is 0. The van der Waals surface area contributed by atoms with Crippen LogP contribution in [0.4, 0.5) is 0 Å². The Morgan fingerprint density at radius 1 is 0.964 bits per heavy atom. The van der Waals surface area contributed by atoms with E-state index in [0.717, 1.165) is 0 Å². The normalized spacial score (nSPS) is 13.4. The number of carbonyl (C=O) groups excluding carboxylic acids is 2. The van der Waals surface area contributed by atoms with Crippen LogP contribution in [0.25, 0.3) is 0 Å². The van der Waals surface area contributed by atoms with Crippen molar-refractivity contribution >= 4 is 17.8 Å². The van der Waals surface area contributed by atoms with E-state index < -0.39 is 36.0 Å². The lowest BCUT2D eigenvalue weighted by Crippen LogP contribution is -2.50. The first-order valence-corrected chi connectivity index (χ1v) is 8.49. The maximum absolute atomic E-state index is 12.5. The van der Waals surface area contributed by atoms with Gasteiger partial charge in [0.25, 0.3) is 11.8 Å². The van der Waals surface area contributed by atoms with Gasteiger partial charge in [-0.05, 0) is 17.7 Å². The minimum atomic E-state index is -1.73. The van der Waals surface area contributed by atoms with E-state index in [1.54, 1.807) is 60.7 Å². The van der Waals surface area contributed by atoms with Gasteiger partial charge in [-0.1, -0.05) is 48.5 Å². The molecule has 7 heteroatoms. The van der Waals surface area contributed by atoms with Crippen molar-refractivity contribution in [2.45, 2.75) is 24.6 Å². The first-order valence-electron chi connectivity index (χ1n) is 8.49. The molecule has 2 aromatic carbocycles. The lowest BCUT2D eigenvalue weighted by Gasteiger charge is -2.25. The molecule has 0 bridgehead atoms. The van der Waals surface area contributed by atoms with Gasteiger partial charge >= 0.3 is 5.97 Å². The van der Waals surface area contributed by atoms with Gasteiger partial charge in [0, 0.05) is 12.0 Å². The summed E-state index contributed by atoms with van der Waals surface area (Å²) in [5, 5.41) is 24.5. The Kier molecular flexibility index (Phi) is 7.31. The van der Waals surface area contributed by atoms with Crippen LogP contribution in [0.3, 0.4) is 0 Å². The molecule has 2 amide bonds. The fourth-order valence-electron chi connectivity index (χ4n) is 2.55. The number of amides is 2. The van der Waals surface area contributed by atoms with Crippen LogP contribution in [-0.2, 0) is 9.59 Å². The van der Waals surface area contributed by atoms with Gasteiger partial charge in [0.1, 0.15) is 6.04 Å². The van der Waals surface area contributed by atoms with Crippen LogP contribution in [-0.4, -0.2) is 40.1 Å². The molecular weight excluding hydrogens is 360 g/mol. The summed E-state index contributed by atoms with van der Waals surface area (Å²) in [5.41, 5.74) is 0.838. The first-order chi connectivity index (χ1) is 13.4. The number of aliphatic hydroxyl groups excluding tert-OH is 1. The summed E-state index contributed by atoms with van der Waals surface area (Å²) in [6, 6.07) is 14.3. The maximum atomic E-state index is 12.5. The van der Waals surface area contributed by atoms with Crippen LogP contribution < -0.4 is 10.6 Å². The molecule has 7 nitrogen and oxygen atoms in total. The van der Waals surface area contributed by atoms with Gasteiger partial charge in [-0.3, -0.25) is 9.59 Å². The molecule has 4 N–H and O–H groups in total. The molecule has 3 atom stereocenters. The summed E-state index contributed by atoms with van der Waals surface area (Å²) in [6.07, 6.45) is 3.15. The van der Waals surface area contributed by atoms with Crippen LogP contribution in [0, 0.1) is 12.3 Å². The van der Waals surface area contributed by atoms with Gasteiger partial charge in [0.15, 0.2) is 6.10 Å². The Labute approximate surface area is 162 Å². The Balaban J connectivity index is 2.23. The number of carbonyl (C=O) groups is 3. The zero-order valence-corrected chi connectivity index (χ0v) is 14.9.